The molecule has 15 nitrogen and oxygen atoms in total. The summed E-state index contributed by atoms with van der Waals surface area (Å²) in [5, 5.41) is 90.5. The number of rotatable bonds is 7. The average molecular weight is 824 g/mol. The SMILES string of the molecule is CC(=O)N[C@@H]1[C@@H](O[C@H]2CC[C@]3(C)[C@H]4CC=C5[C@@H]6CC(C)(C)CC[C@]6(C(=O)O)[C@H](O)[C@H](O)[C@@]5(C)[C@]4(C)CC[C@H]3C2(C)C)O[C@@H](CO[C@H]2OC[C@H](O)[C@@H](O)[C@@H]2O)[C@H](O)[C@H]1O. The molecule has 7 aliphatic rings. The number of hydrogen-bond acceptors (Lipinski definition) is 13. The lowest BCUT2D eigenvalue weighted by molar-refractivity contribution is -0.323. The fourth-order valence-electron chi connectivity index (χ4n) is 13.8. The molecule has 0 aromatic heterocycles. The van der Waals surface area contributed by atoms with Gasteiger partial charge in [0.1, 0.15) is 48.1 Å². The predicted octanol–water partition coefficient (Wildman–Crippen LogP) is 1.61. The molecule has 0 radical (unpaired) electrons. The van der Waals surface area contributed by atoms with Crippen LogP contribution in [-0.2, 0) is 28.5 Å². The van der Waals surface area contributed by atoms with Crippen molar-refractivity contribution in [2.24, 2.45) is 50.2 Å². The van der Waals surface area contributed by atoms with Crippen LogP contribution in [0.25, 0.3) is 0 Å². The Morgan fingerprint density at radius 1 is 0.828 bits per heavy atom. The van der Waals surface area contributed by atoms with Gasteiger partial charge < -0.3 is 65.1 Å². The summed E-state index contributed by atoms with van der Waals surface area (Å²) in [6.07, 6.45) is -6.77. The number of fused-ring (bicyclic) bond motifs is 7. The predicted molar refractivity (Wildman–Crippen MR) is 206 cm³/mol. The van der Waals surface area contributed by atoms with Gasteiger partial charge >= 0.3 is 5.97 Å². The molecule has 58 heavy (non-hydrogen) atoms. The van der Waals surface area contributed by atoms with Crippen LogP contribution >= 0.6 is 0 Å². The number of ether oxygens (including phenoxy) is 4. The molecule has 6 fully saturated rings. The van der Waals surface area contributed by atoms with E-state index < -0.39 is 113 Å². The summed E-state index contributed by atoms with van der Waals surface area (Å²) in [6, 6.07) is -1.13. The molecule has 5 aliphatic carbocycles. The van der Waals surface area contributed by atoms with E-state index in [1.165, 1.54) is 6.92 Å². The third kappa shape index (κ3) is 6.46. The van der Waals surface area contributed by atoms with Crippen molar-refractivity contribution in [3.05, 3.63) is 11.6 Å². The van der Waals surface area contributed by atoms with Gasteiger partial charge in [-0.15, -0.1) is 0 Å². The molecule has 0 aromatic carbocycles. The van der Waals surface area contributed by atoms with E-state index in [1.54, 1.807) is 0 Å². The zero-order valence-corrected chi connectivity index (χ0v) is 35.3. The highest BCUT2D eigenvalue weighted by molar-refractivity contribution is 5.78. The van der Waals surface area contributed by atoms with Crippen molar-refractivity contribution in [1.82, 2.24) is 5.32 Å². The number of carbonyl (C=O) groups excluding carboxylic acids is 1. The number of aliphatic hydroxyl groups excluding tert-OH is 7. The van der Waals surface area contributed by atoms with Crippen molar-refractivity contribution < 1.29 is 69.4 Å². The van der Waals surface area contributed by atoms with Gasteiger partial charge in [-0.25, -0.2) is 0 Å². The topological polar surface area (TPSA) is 245 Å². The number of carboxylic acids is 1. The second-order valence-corrected chi connectivity index (χ2v) is 21.1. The number of aliphatic hydroxyl groups is 7. The van der Waals surface area contributed by atoms with Gasteiger partial charge in [0.25, 0.3) is 0 Å². The third-order valence-corrected chi connectivity index (χ3v) is 17.4. The Morgan fingerprint density at radius 3 is 2.17 bits per heavy atom. The maximum Gasteiger partial charge on any atom is 0.313 e. The van der Waals surface area contributed by atoms with Gasteiger partial charge in [-0.1, -0.05) is 60.1 Å². The monoisotopic (exact) mass is 823 g/mol. The van der Waals surface area contributed by atoms with E-state index in [1.807, 2.05) is 0 Å². The smallest absolute Gasteiger partial charge is 0.313 e. The van der Waals surface area contributed by atoms with E-state index in [-0.39, 0.29) is 35.9 Å². The molecule has 0 aromatic rings. The van der Waals surface area contributed by atoms with Gasteiger partial charge in [-0.2, -0.15) is 0 Å². The summed E-state index contributed by atoms with van der Waals surface area (Å²) in [5.41, 5.74) is -2.58. The van der Waals surface area contributed by atoms with E-state index >= 15 is 0 Å². The van der Waals surface area contributed by atoms with Crippen molar-refractivity contribution in [2.75, 3.05) is 13.2 Å². The minimum absolute atomic E-state index is 0.0945. The molecular weight excluding hydrogens is 754 g/mol. The Bertz CT molecular complexity index is 1620. The normalized spacial score (nSPS) is 52.2. The highest BCUT2D eigenvalue weighted by atomic mass is 16.7. The van der Waals surface area contributed by atoms with Crippen LogP contribution in [0.2, 0.25) is 0 Å². The molecule has 9 N–H and O–H groups in total. The molecule has 0 unspecified atom stereocenters. The molecule has 0 spiro atoms. The van der Waals surface area contributed by atoms with Crippen LogP contribution in [0.4, 0.5) is 0 Å². The average Bonchev–Trinajstić information content (AvgIpc) is 3.13. The van der Waals surface area contributed by atoms with Crippen molar-refractivity contribution in [3.63, 3.8) is 0 Å². The van der Waals surface area contributed by atoms with E-state index in [4.69, 9.17) is 18.9 Å². The van der Waals surface area contributed by atoms with Crippen LogP contribution in [0.3, 0.4) is 0 Å². The van der Waals surface area contributed by atoms with Crippen LogP contribution in [0.1, 0.15) is 107 Å². The molecule has 4 saturated carbocycles. The maximum absolute atomic E-state index is 13.2. The molecule has 7 rings (SSSR count). The first-order valence-electron chi connectivity index (χ1n) is 21.4. The fraction of sp³-hybridized carbons (Fsp3) is 0.907. The van der Waals surface area contributed by atoms with Gasteiger partial charge in [-0.05, 0) is 90.8 Å². The van der Waals surface area contributed by atoms with Gasteiger partial charge in [0.05, 0.1) is 31.5 Å². The van der Waals surface area contributed by atoms with Gasteiger partial charge in [-0.3, -0.25) is 9.59 Å². The molecule has 2 saturated heterocycles. The van der Waals surface area contributed by atoms with Crippen LogP contribution in [0.5, 0.6) is 0 Å². The van der Waals surface area contributed by atoms with E-state index in [0.717, 1.165) is 31.3 Å². The first-order valence-corrected chi connectivity index (χ1v) is 21.4. The van der Waals surface area contributed by atoms with Crippen LogP contribution < -0.4 is 5.32 Å². The number of hydrogen-bond donors (Lipinski definition) is 9. The number of nitrogens with one attached hydrogen (secondary N) is 1. The maximum atomic E-state index is 13.2. The minimum Gasteiger partial charge on any atom is -0.481 e. The van der Waals surface area contributed by atoms with Crippen molar-refractivity contribution in [1.29, 1.82) is 0 Å². The summed E-state index contributed by atoms with van der Waals surface area (Å²) in [6.45, 7) is 16.0. The Labute approximate surface area is 341 Å². The zero-order valence-electron chi connectivity index (χ0n) is 35.3. The quantitative estimate of drug-likeness (QED) is 0.131. The minimum atomic E-state index is -1.57. The number of amides is 1. The number of aliphatic carboxylic acids is 1. The Kier molecular flexibility index (Phi) is 11.4. The first-order chi connectivity index (χ1) is 26.9. The van der Waals surface area contributed by atoms with Crippen LogP contribution in [0, 0.1) is 50.2 Å². The Morgan fingerprint density at radius 2 is 1.52 bits per heavy atom. The summed E-state index contributed by atoms with van der Waals surface area (Å²) in [5.74, 6) is -1.67. The van der Waals surface area contributed by atoms with Crippen molar-refractivity contribution >= 4 is 11.9 Å². The first kappa shape index (κ1) is 44.3. The number of carbonyl (C=O) groups is 2. The zero-order chi connectivity index (χ0) is 42.7. The van der Waals surface area contributed by atoms with Gasteiger partial charge in [0.2, 0.25) is 5.91 Å². The molecule has 1 amide bonds. The highest BCUT2D eigenvalue weighted by Gasteiger charge is 2.74. The van der Waals surface area contributed by atoms with Crippen molar-refractivity contribution in [2.45, 2.75) is 180 Å². The molecule has 330 valence electrons. The summed E-state index contributed by atoms with van der Waals surface area (Å²) >= 11 is 0. The van der Waals surface area contributed by atoms with E-state index in [2.05, 4.69) is 59.9 Å². The summed E-state index contributed by atoms with van der Waals surface area (Å²) < 4.78 is 24.1. The lowest BCUT2D eigenvalue weighted by Gasteiger charge is -2.72. The lowest BCUT2D eigenvalue weighted by atomic mass is 9.32. The fourth-order valence-corrected chi connectivity index (χ4v) is 13.8. The third-order valence-electron chi connectivity index (χ3n) is 17.4. The number of allylic oxidation sites excluding steroid dienone is 1. The molecular formula is C43H69NO14. The second kappa shape index (κ2) is 15.0. The molecule has 2 aliphatic heterocycles. The number of carboxylic acid groups (broad SMARTS) is 1. The second-order valence-electron chi connectivity index (χ2n) is 21.1. The van der Waals surface area contributed by atoms with Crippen LogP contribution in [-0.4, -0.2) is 140 Å². The highest BCUT2D eigenvalue weighted by Crippen LogP contribution is 2.76. The molecule has 0 bridgehead atoms. The summed E-state index contributed by atoms with van der Waals surface area (Å²) in [7, 11) is 0. The lowest BCUT2D eigenvalue weighted by Crippen LogP contribution is -2.72. The standard InChI is InChI=1S/C43H69NO14/c1-20(45)44-28-31(49)30(48)24(19-56-36-32(50)29(47)23(46)18-55-36)57-35(28)58-27-12-13-40(6)25(39(27,4)5)11-14-41(7)26(40)10-9-21-22-17-38(2,3)15-16-43(22,37(53)54)34(52)33(51)42(21,41)8/h9,22-36,46-52H,10-19H2,1-8H3,(H,44,45)(H,53,54)/t22-,23-,24-,25-,26+,27-,28-,29+,30-,31-,32-,33-,34+,35+,36+,40-,41+,42-,43+/m0/s1. The largest absolute Gasteiger partial charge is 0.481 e. The molecule has 19 atom stereocenters. The van der Waals surface area contributed by atoms with Gasteiger partial charge in [0, 0.05) is 12.3 Å². The summed E-state index contributed by atoms with van der Waals surface area (Å²) in [4.78, 5) is 25.5. The van der Waals surface area contributed by atoms with Gasteiger partial charge in [0.15, 0.2) is 12.6 Å². The Balaban J connectivity index is 1.14. The van der Waals surface area contributed by atoms with Crippen LogP contribution in [0.15, 0.2) is 11.6 Å². The van der Waals surface area contributed by atoms with E-state index in [0.29, 0.717) is 25.7 Å². The molecule has 15 heteroatoms. The van der Waals surface area contributed by atoms with Crippen molar-refractivity contribution in [3.8, 4) is 0 Å². The van der Waals surface area contributed by atoms with E-state index in [9.17, 15) is 50.4 Å². The molecule has 2 heterocycles. The Hall–Kier alpha value is -1.76.